The molecule has 0 saturated carbocycles. The molecule has 3 rings (SSSR count). The number of aromatic nitrogens is 5. The standard InChI is InChI=1S/C20H27N7O3/c1-12(2)27-14-8-16(22-9-13(14)24-17(27)10-28)25-15-6-7-21-19(26-15)23-11-20(3,4)18(29)30-5/h6-9,12,28H,10-11H2,1-5H3,(H2,21,22,23,25,26). The van der Waals surface area contributed by atoms with Gasteiger partial charge in [0.1, 0.15) is 29.6 Å². The lowest BCUT2D eigenvalue weighted by Crippen LogP contribution is -2.33. The number of hydrogen-bond acceptors (Lipinski definition) is 9. The third-order valence-corrected chi connectivity index (χ3v) is 4.64. The summed E-state index contributed by atoms with van der Waals surface area (Å²) in [6, 6.07) is 3.73. The molecular formula is C20H27N7O3. The number of anilines is 3. The second kappa shape index (κ2) is 8.62. The fourth-order valence-electron chi connectivity index (χ4n) is 3.10. The number of aliphatic hydroxyl groups excluding tert-OH is 1. The van der Waals surface area contributed by atoms with Crippen molar-refractivity contribution in [1.29, 1.82) is 0 Å². The van der Waals surface area contributed by atoms with Gasteiger partial charge in [-0.15, -0.1) is 0 Å². The number of pyridine rings is 1. The van der Waals surface area contributed by atoms with Crippen molar-refractivity contribution in [2.45, 2.75) is 40.3 Å². The Hall–Kier alpha value is -3.27. The maximum absolute atomic E-state index is 11.8. The summed E-state index contributed by atoms with van der Waals surface area (Å²) in [7, 11) is 1.36. The highest BCUT2D eigenvalue weighted by atomic mass is 16.5. The fourth-order valence-corrected chi connectivity index (χ4v) is 3.10. The number of esters is 1. The third-order valence-electron chi connectivity index (χ3n) is 4.64. The Morgan fingerprint density at radius 1 is 1.27 bits per heavy atom. The van der Waals surface area contributed by atoms with Gasteiger partial charge in [-0.2, -0.15) is 4.98 Å². The number of aliphatic hydroxyl groups is 1. The number of nitrogens with one attached hydrogen (secondary N) is 2. The van der Waals surface area contributed by atoms with E-state index in [1.54, 1.807) is 32.3 Å². The quantitative estimate of drug-likeness (QED) is 0.478. The number of fused-ring (bicyclic) bond motifs is 1. The van der Waals surface area contributed by atoms with Crippen LogP contribution in [0.3, 0.4) is 0 Å². The summed E-state index contributed by atoms with van der Waals surface area (Å²) in [5.74, 6) is 1.81. The van der Waals surface area contributed by atoms with Gasteiger partial charge in [0.05, 0.1) is 24.2 Å². The number of nitrogens with zero attached hydrogens (tertiary/aromatic N) is 5. The first-order valence-electron chi connectivity index (χ1n) is 9.65. The van der Waals surface area contributed by atoms with Crippen LogP contribution >= 0.6 is 0 Å². The van der Waals surface area contributed by atoms with Gasteiger partial charge in [-0.25, -0.2) is 15.0 Å². The molecule has 3 aromatic heterocycles. The van der Waals surface area contributed by atoms with Crippen molar-refractivity contribution in [3.63, 3.8) is 0 Å². The molecule has 0 atom stereocenters. The van der Waals surface area contributed by atoms with E-state index in [1.807, 2.05) is 24.5 Å². The summed E-state index contributed by atoms with van der Waals surface area (Å²) in [5, 5.41) is 15.8. The second-order valence-electron chi connectivity index (χ2n) is 7.83. The molecule has 0 amide bonds. The van der Waals surface area contributed by atoms with E-state index in [0.717, 1.165) is 5.52 Å². The van der Waals surface area contributed by atoms with Crippen LogP contribution in [-0.4, -0.2) is 49.2 Å². The van der Waals surface area contributed by atoms with E-state index >= 15 is 0 Å². The van der Waals surface area contributed by atoms with Crippen molar-refractivity contribution in [2.24, 2.45) is 5.41 Å². The molecular weight excluding hydrogens is 386 g/mol. The van der Waals surface area contributed by atoms with Crippen LogP contribution < -0.4 is 10.6 Å². The number of imidazole rings is 1. The van der Waals surface area contributed by atoms with E-state index in [2.05, 4.69) is 30.6 Å². The second-order valence-corrected chi connectivity index (χ2v) is 7.83. The molecule has 3 N–H and O–H groups in total. The average Bonchev–Trinajstić information content (AvgIpc) is 3.10. The topological polar surface area (TPSA) is 127 Å². The van der Waals surface area contributed by atoms with Gasteiger partial charge < -0.3 is 25.0 Å². The minimum Gasteiger partial charge on any atom is -0.469 e. The van der Waals surface area contributed by atoms with E-state index < -0.39 is 5.41 Å². The number of hydrogen-bond donors (Lipinski definition) is 3. The van der Waals surface area contributed by atoms with Crippen molar-refractivity contribution in [3.05, 3.63) is 30.4 Å². The van der Waals surface area contributed by atoms with Crippen molar-refractivity contribution in [3.8, 4) is 0 Å². The van der Waals surface area contributed by atoms with Crippen LogP contribution in [0.5, 0.6) is 0 Å². The van der Waals surface area contributed by atoms with Crippen molar-refractivity contribution < 1.29 is 14.6 Å². The Bertz CT molecular complexity index is 1050. The zero-order chi connectivity index (χ0) is 21.9. The van der Waals surface area contributed by atoms with Gasteiger partial charge in [-0.3, -0.25) is 4.79 Å². The lowest BCUT2D eigenvalue weighted by molar-refractivity contribution is -0.149. The van der Waals surface area contributed by atoms with Crippen molar-refractivity contribution in [2.75, 3.05) is 24.3 Å². The maximum Gasteiger partial charge on any atom is 0.313 e. The monoisotopic (exact) mass is 413 g/mol. The fraction of sp³-hybridized carbons (Fsp3) is 0.450. The Balaban J connectivity index is 1.80. The molecule has 0 unspecified atom stereocenters. The molecule has 160 valence electrons. The number of rotatable bonds is 8. The van der Waals surface area contributed by atoms with Crippen LogP contribution in [0, 0.1) is 5.41 Å². The smallest absolute Gasteiger partial charge is 0.313 e. The molecule has 0 bridgehead atoms. The van der Waals surface area contributed by atoms with Crippen LogP contribution in [0.25, 0.3) is 11.0 Å². The Morgan fingerprint density at radius 3 is 2.70 bits per heavy atom. The molecule has 3 aromatic rings. The van der Waals surface area contributed by atoms with Gasteiger partial charge in [0.25, 0.3) is 0 Å². The maximum atomic E-state index is 11.8. The molecule has 0 aromatic carbocycles. The Morgan fingerprint density at radius 2 is 2.03 bits per heavy atom. The average molecular weight is 413 g/mol. The highest BCUT2D eigenvalue weighted by Crippen LogP contribution is 2.24. The van der Waals surface area contributed by atoms with Gasteiger partial charge in [0.15, 0.2) is 0 Å². The summed E-state index contributed by atoms with van der Waals surface area (Å²) in [6.07, 6.45) is 3.28. The van der Waals surface area contributed by atoms with E-state index in [1.165, 1.54) is 7.11 Å². The van der Waals surface area contributed by atoms with Crippen LogP contribution in [0.2, 0.25) is 0 Å². The molecule has 0 spiro atoms. The Labute approximate surface area is 174 Å². The SMILES string of the molecule is COC(=O)C(C)(C)CNc1nccc(Nc2cc3c(cn2)nc(CO)n3C(C)C)n1. The van der Waals surface area contributed by atoms with Crippen LogP contribution in [0.1, 0.15) is 39.6 Å². The molecule has 30 heavy (non-hydrogen) atoms. The van der Waals surface area contributed by atoms with Gasteiger partial charge in [0.2, 0.25) is 5.95 Å². The van der Waals surface area contributed by atoms with Crippen LogP contribution in [0.4, 0.5) is 17.6 Å². The Kier molecular flexibility index (Phi) is 6.16. The number of methoxy groups -OCH3 is 1. The minimum atomic E-state index is -0.714. The predicted molar refractivity (Wildman–Crippen MR) is 113 cm³/mol. The lowest BCUT2D eigenvalue weighted by atomic mass is 9.94. The van der Waals surface area contributed by atoms with E-state index in [4.69, 9.17) is 4.74 Å². The minimum absolute atomic E-state index is 0.139. The van der Waals surface area contributed by atoms with Gasteiger partial charge >= 0.3 is 5.97 Å². The first-order chi connectivity index (χ1) is 14.2. The summed E-state index contributed by atoms with van der Waals surface area (Å²) in [6.45, 7) is 7.82. The van der Waals surface area contributed by atoms with Gasteiger partial charge in [0, 0.05) is 24.8 Å². The van der Waals surface area contributed by atoms with E-state index in [-0.39, 0.29) is 18.6 Å². The number of carbonyl (C=O) groups is 1. The zero-order valence-electron chi connectivity index (χ0n) is 17.8. The van der Waals surface area contributed by atoms with E-state index in [0.29, 0.717) is 35.5 Å². The summed E-state index contributed by atoms with van der Waals surface area (Å²) in [4.78, 5) is 29.3. The van der Waals surface area contributed by atoms with Crippen LogP contribution in [-0.2, 0) is 16.1 Å². The molecule has 10 nitrogen and oxygen atoms in total. The first-order valence-corrected chi connectivity index (χ1v) is 9.65. The molecule has 0 radical (unpaired) electrons. The third kappa shape index (κ3) is 4.48. The summed E-state index contributed by atoms with van der Waals surface area (Å²) < 4.78 is 6.79. The zero-order valence-corrected chi connectivity index (χ0v) is 17.8. The largest absolute Gasteiger partial charge is 0.469 e. The number of carbonyl (C=O) groups excluding carboxylic acids is 1. The molecule has 0 fully saturated rings. The molecule has 10 heteroatoms. The molecule has 3 heterocycles. The lowest BCUT2D eigenvalue weighted by Gasteiger charge is -2.21. The normalized spacial score (nSPS) is 11.7. The molecule has 0 aliphatic heterocycles. The first kappa shape index (κ1) is 21.4. The molecule has 0 aliphatic carbocycles. The van der Waals surface area contributed by atoms with E-state index in [9.17, 15) is 9.90 Å². The highest BCUT2D eigenvalue weighted by Gasteiger charge is 2.28. The van der Waals surface area contributed by atoms with Gasteiger partial charge in [-0.1, -0.05) is 0 Å². The van der Waals surface area contributed by atoms with Crippen molar-refractivity contribution in [1.82, 2.24) is 24.5 Å². The van der Waals surface area contributed by atoms with Gasteiger partial charge in [-0.05, 0) is 33.8 Å². The predicted octanol–water partition coefficient (Wildman–Crippen LogP) is 2.65. The molecule has 0 saturated heterocycles. The van der Waals surface area contributed by atoms with Crippen LogP contribution in [0.15, 0.2) is 24.5 Å². The summed E-state index contributed by atoms with van der Waals surface area (Å²) >= 11 is 0. The van der Waals surface area contributed by atoms with Crippen molar-refractivity contribution >= 4 is 34.6 Å². The summed E-state index contributed by atoms with van der Waals surface area (Å²) in [5.41, 5.74) is 0.875. The molecule has 0 aliphatic rings. The number of ether oxygens (including phenoxy) is 1. The highest BCUT2D eigenvalue weighted by molar-refractivity contribution is 5.79.